The molecular formula is C17H21F2NO4S. The molecule has 0 aromatic heterocycles. The number of rotatable bonds is 6. The summed E-state index contributed by atoms with van der Waals surface area (Å²) in [6, 6.07) is 1.53. The van der Waals surface area contributed by atoms with Crippen LogP contribution in [0.5, 0.6) is 0 Å². The molecule has 1 aliphatic rings. The lowest BCUT2D eigenvalue weighted by Gasteiger charge is -2.25. The first-order valence-electron chi connectivity index (χ1n) is 7.92. The molecule has 25 heavy (non-hydrogen) atoms. The van der Waals surface area contributed by atoms with Crippen LogP contribution in [0.3, 0.4) is 0 Å². The summed E-state index contributed by atoms with van der Waals surface area (Å²) in [4.78, 5) is 11.6. The van der Waals surface area contributed by atoms with E-state index in [1.807, 2.05) is 0 Å². The Kier molecular flexibility index (Phi) is 5.63. The van der Waals surface area contributed by atoms with Crippen LogP contribution in [0.25, 0.3) is 0 Å². The molecule has 0 radical (unpaired) electrons. The molecule has 8 heteroatoms. The fourth-order valence-electron chi connectivity index (χ4n) is 2.98. The molecule has 0 N–H and O–H groups in total. The molecule has 0 aliphatic carbocycles. The maximum Gasteiger partial charge on any atom is 0.313 e. The zero-order valence-corrected chi connectivity index (χ0v) is 15.0. The second kappa shape index (κ2) is 7.21. The van der Waals surface area contributed by atoms with Gasteiger partial charge in [-0.25, -0.2) is 17.2 Å². The average molecular weight is 373 g/mol. The summed E-state index contributed by atoms with van der Waals surface area (Å²) in [6.07, 6.45) is 1.99. The number of halogens is 2. The van der Waals surface area contributed by atoms with Gasteiger partial charge in [-0.05, 0) is 44.4 Å². The molecule has 1 aliphatic heterocycles. The van der Waals surface area contributed by atoms with Crippen LogP contribution in [-0.4, -0.2) is 38.4 Å². The number of esters is 1. The van der Waals surface area contributed by atoms with Crippen molar-refractivity contribution in [1.29, 1.82) is 0 Å². The van der Waals surface area contributed by atoms with Gasteiger partial charge in [0, 0.05) is 13.1 Å². The maximum atomic E-state index is 14.1. The SMILES string of the molecule is C=CCC1(C(=O)OCC)CCN(S(=O)(=O)c2cc(F)c(C)cc2F)C1. The van der Waals surface area contributed by atoms with Crippen molar-refractivity contribution >= 4 is 16.0 Å². The lowest BCUT2D eigenvalue weighted by molar-refractivity contribution is -0.154. The van der Waals surface area contributed by atoms with E-state index in [0.717, 1.165) is 10.4 Å². The fourth-order valence-corrected chi connectivity index (χ4v) is 4.57. The van der Waals surface area contributed by atoms with Crippen LogP contribution in [0, 0.1) is 24.0 Å². The number of benzene rings is 1. The van der Waals surface area contributed by atoms with Gasteiger partial charge in [-0.15, -0.1) is 6.58 Å². The molecule has 1 fully saturated rings. The van der Waals surface area contributed by atoms with E-state index >= 15 is 0 Å². The van der Waals surface area contributed by atoms with E-state index in [0.29, 0.717) is 6.07 Å². The molecule has 0 spiro atoms. The number of nitrogens with zero attached hydrogens (tertiary/aromatic N) is 1. The van der Waals surface area contributed by atoms with E-state index in [2.05, 4.69) is 6.58 Å². The maximum absolute atomic E-state index is 14.1. The quantitative estimate of drug-likeness (QED) is 0.568. The highest BCUT2D eigenvalue weighted by Crippen LogP contribution is 2.39. The standard InChI is InChI=1S/C17H21F2NO4S/c1-4-6-17(16(21)24-5-2)7-8-20(11-17)25(22,23)15-10-13(18)12(3)9-14(15)19/h4,9-10H,1,5-8,11H2,2-3H3. The molecule has 0 bridgehead atoms. The molecule has 5 nitrogen and oxygen atoms in total. The van der Waals surface area contributed by atoms with Crippen LogP contribution in [0.15, 0.2) is 29.7 Å². The van der Waals surface area contributed by atoms with Gasteiger partial charge in [-0.2, -0.15) is 4.31 Å². The second-order valence-electron chi connectivity index (χ2n) is 6.11. The van der Waals surface area contributed by atoms with Crippen molar-refractivity contribution in [1.82, 2.24) is 4.31 Å². The largest absolute Gasteiger partial charge is 0.466 e. The average Bonchev–Trinajstić information content (AvgIpc) is 2.98. The molecule has 2 rings (SSSR count). The highest BCUT2D eigenvalue weighted by atomic mass is 32.2. The van der Waals surface area contributed by atoms with Gasteiger partial charge in [0.2, 0.25) is 10.0 Å². The Balaban J connectivity index is 2.38. The van der Waals surface area contributed by atoms with Crippen molar-refractivity contribution in [2.24, 2.45) is 5.41 Å². The Morgan fingerprint density at radius 2 is 2.08 bits per heavy atom. The van der Waals surface area contributed by atoms with E-state index in [4.69, 9.17) is 4.74 Å². The summed E-state index contributed by atoms with van der Waals surface area (Å²) < 4.78 is 59.4. The number of hydrogen-bond donors (Lipinski definition) is 0. The van der Waals surface area contributed by atoms with E-state index in [1.165, 1.54) is 13.0 Å². The topological polar surface area (TPSA) is 63.7 Å². The number of carbonyl (C=O) groups is 1. The monoisotopic (exact) mass is 373 g/mol. The van der Waals surface area contributed by atoms with Crippen molar-refractivity contribution < 1.29 is 26.7 Å². The van der Waals surface area contributed by atoms with Crippen LogP contribution in [0.1, 0.15) is 25.3 Å². The molecule has 1 atom stereocenters. The zero-order valence-electron chi connectivity index (χ0n) is 14.2. The molecular weight excluding hydrogens is 352 g/mol. The number of sulfonamides is 1. The van der Waals surface area contributed by atoms with Crippen molar-refractivity contribution in [3.05, 3.63) is 42.0 Å². The van der Waals surface area contributed by atoms with Crippen LogP contribution in [0.2, 0.25) is 0 Å². The predicted molar refractivity (Wildman–Crippen MR) is 88.4 cm³/mol. The summed E-state index contributed by atoms with van der Waals surface area (Å²) in [5.74, 6) is -2.33. The van der Waals surface area contributed by atoms with Crippen LogP contribution in [0.4, 0.5) is 8.78 Å². The second-order valence-corrected chi connectivity index (χ2v) is 8.02. The van der Waals surface area contributed by atoms with Crippen molar-refractivity contribution in [2.75, 3.05) is 19.7 Å². The van der Waals surface area contributed by atoms with E-state index in [9.17, 15) is 22.0 Å². The van der Waals surface area contributed by atoms with Gasteiger partial charge >= 0.3 is 5.97 Å². The van der Waals surface area contributed by atoms with Crippen LogP contribution in [-0.2, 0) is 19.6 Å². The Hall–Kier alpha value is -1.80. The molecule has 0 saturated carbocycles. The highest BCUT2D eigenvalue weighted by molar-refractivity contribution is 7.89. The minimum absolute atomic E-state index is 0.0178. The Morgan fingerprint density at radius 1 is 1.40 bits per heavy atom. The molecule has 1 unspecified atom stereocenters. The van der Waals surface area contributed by atoms with E-state index in [-0.39, 0.29) is 38.1 Å². The predicted octanol–water partition coefficient (Wildman–Crippen LogP) is 2.79. The zero-order chi connectivity index (χ0) is 18.8. The minimum Gasteiger partial charge on any atom is -0.466 e. The highest BCUT2D eigenvalue weighted by Gasteiger charge is 2.48. The molecule has 138 valence electrons. The minimum atomic E-state index is -4.27. The normalized spacial score (nSPS) is 21.3. The summed E-state index contributed by atoms with van der Waals surface area (Å²) in [7, 11) is -4.27. The van der Waals surface area contributed by atoms with Crippen molar-refractivity contribution in [3.8, 4) is 0 Å². The molecule has 1 heterocycles. The van der Waals surface area contributed by atoms with Gasteiger partial charge in [-0.3, -0.25) is 4.79 Å². The first-order chi connectivity index (χ1) is 11.7. The summed E-state index contributed by atoms with van der Waals surface area (Å²) >= 11 is 0. The van der Waals surface area contributed by atoms with Gasteiger partial charge in [0.1, 0.15) is 16.5 Å². The lowest BCUT2D eigenvalue weighted by Crippen LogP contribution is -2.38. The number of hydrogen-bond acceptors (Lipinski definition) is 4. The summed E-state index contributed by atoms with van der Waals surface area (Å²) in [5, 5.41) is 0. The smallest absolute Gasteiger partial charge is 0.313 e. The Bertz CT molecular complexity index is 794. The molecule has 0 amide bonds. The van der Waals surface area contributed by atoms with E-state index < -0.39 is 37.9 Å². The Morgan fingerprint density at radius 3 is 2.68 bits per heavy atom. The third-order valence-electron chi connectivity index (χ3n) is 4.39. The molecule has 1 saturated heterocycles. The van der Waals surface area contributed by atoms with Gasteiger partial charge in [0.15, 0.2) is 0 Å². The fraction of sp³-hybridized carbons (Fsp3) is 0.471. The van der Waals surface area contributed by atoms with Crippen molar-refractivity contribution in [2.45, 2.75) is 31.6 Å². The number of allylic oxidation sites excluding steroid dienone is 1. The van der Waals surface area contributed by atoms with Crippen molar-refractivity contribution in [3.63, 3.8) is 0 Å². The number of carbonyl (C=O) groups excluding carboxylic acids is 1. The van der Waals surface area contributed by atoms with Gasteiger partial charge < -0.3 is 4.74 Å². The molecule has 1 aromatic carbocycles. The first-order valence-corrected chi connectivity index (χ1v) is 9.36. The third-order valence-corrected chi connectivity index (χ3v) is 6.25. The lowest BCUT2D eigenvalue weighted by atomic mass is 9.84. The van der Waals surface area contributed by atoms with Gasteiger partial charge in [0.05, 0.1) is 12.0 Å². The number of ether oxygens (including phenoxy) is 1. The third kappa shape index (κ3) is 3.59. The number of aryl methyl sites for hydroxylation is 1. The summed E-state index contributed by atoms with van der Waals surface area (Å²) in [5.41, 5.74) is -1.03. The Labute approximate surface area is 146 Å². The van der Waals surface area contributed by atoms with Gasteiger partial charge in [0.25, 0.3) is 0 Å². The summed E-state index contributed by atoms with van der Waals surface area (Å²) in [6.45, 7) is 6.64. The van der Waals surface area contributed by atoms with Crippen LogP contribution >= 0.6 is 0 Å². The van der Waals surface area contributed by atoms with E-state index in [1.54, 1.807) is 6.92 Å². The van der Waals surface area contributed by atoms with Crippen LogP contribution < -0.4 is 0 Å². The van der Waals surface area contributed by atoms with Gasteiger partial charge in [-0.1, -0.05) is 6.08 Å². The molecule has 1 aromatic rings. The first kappa shape index (κ1) is 19.5.